The Hall–Kier alpha value is -4.06. The van der Waals surface area contributed by atoms with E-state index in [0.717, 1.165) is 34.0 Å². The van der Waals surface area contributed by atoms with Crippen molar-refractivity contribution >= 4 is 22.2 Å². The van der Waals surface area contributed by atoms with Crippen LogP contribution in [-0.2, 0) is 6.42 Å². The molecule has 0 radical (unpaired) electrons. The summed E-state index contributed by atoms with van der Waals surface area (Å²) in [4.78, 5) is 18.3. The number of ether oxygens (including phenoxy) is 2. The van der Waals surface area contributed by atoms with Crippen molar-refractivity contribution < 1.29 is 19.4 Å². The van der Waals surface area contributed by atoms with Gasteiger partial charge in [-0.25, -0.2) is 0 Å². The molecule has 0 aliphatic heterocycles. The van der Waals surface area contributed by atoms with Crippen LogP contribution in [0.3, 0.4) is 0 Å². The molecule has 0 unspecified atom stereocenters. The fourth-order valence-electron chi connectivity index (χ4n) is 4.26. The maximum absolute atomic E-state index is 13.7. The maximum Gasteiger partial charge on any atom is 0.196 e. The van der Waals surface area contributed by atoms with Crippen LogP contribution in [0, 0.1) is 0 Å². The zero-order valence-corrected chi connectivity index (χ0v) is 17.8. The lowest BCUT2D eigenvalue weighted by Gasteiger charge is -2.24. The number of aromatic nitrogens is 1. The van der Waals surface area contributed by atoms with Crippen LogP contribution >= 0.6 is 0 Å². The van der Waals surface area contributed by atoms with Gasteiger partial charge in [-0.1, -0.05) is 12.1 Å². The molecular formula is C26H22N2O4. The van der Waals surface area contributed by atoms with Gasteiger partial charge < -0.3 is 19.9 Å². The minimum Gasteiger partial charge on any atom is -0.508 e. The summed E-state index contributed by atoms with van der Waals surface area (Å²) in [5.74, 6) is 1.38. The Bertz CT molecular complexity index is 1350. The number of pyridine rings is 1. The highest BCUT2D eigenvalue weighted by Crippen LogP contribution is 2.45. The molecule has 0 saturated carbocycles. The van der Waals surface area contributed by atoms with Crippen molar-refractivity contribution in [2.75, 3.05) is 26.1 Å². The van der Waals surface area contributed by atoms with Gasteiger partial charge in [0.1, 0.15) is 17.2 Å². The van der Waals surface area contributed by atoms with Crippen molar-refractivity contribution in [2.45, 2.75) is 6.42 Å². The zero-order chi connectivity index (χ0) is 22.2. The van der Waals surface area contributed by atoms with Gasteiger partial charge in [0.15, 0.2) is 5.78 Å². The summed E-state index contributed by atoms with van der Waals surface area (Å²) in [5.41, 5.74) is 4.44. The van der Waals surface area contributed by atoms with Crippen LogP contribution in [0.4, 0.5) is 5.69 Å². The van der Waals surface area contributed by atoms with Crippen molar-refractivity contribution in [1.82, 2.24) is 4.98 Å². The number of fused-ring (bicyclic) bond motifs is 2. The summed E-state index contributed by atoms with van der Waals surface area (Å²) >= 11 is 0. The molecule has 5 rings (SSSR count). The van der Waals surface area contributed by atoms with Crippen LogP contribution in [0.5, 0.6) is 17.2 Å². The molecule has 3 aromatic carbocycles. The molecule has 1 aliphatic rings. The molecule has 0 atom stereocenters. The van der Waals surface area contributed by atoms with Crippen LogP contribution in [0.1, 0.15) is 21.5 Å². The van der Waals surface area contributed by atoms with Crippen molar-refractivity contribution in [3.63, 3.8) is 0 Å². The molecule has 1 aliphatic carbocycles. The average molecular weight is 426 g/mol. The second kappa shape index (κ2) is 7.89. The Morgan fingerprint density at radius 1 is 0.969 bits per heavy atom. The molecule has 1 heterocycles. The van der Waals surface area contributed by atoms with E-state index in [1.54, 1.807) is 38.6 Å². The van der Waals surface area contributed by atoms with Gasteiger partial charge in [-0.15, -0.1) is 0 Å². The van der Waals surface area contributed by atoms with E-state index in [2.05, 4.69) is 10.3 Å². The SMILES string of the molecule is COc1ccc2c(c1)C(=O)c1c(NCCc3ccc(O)cc3)c(OC)cc3ccnc-2c13. The van der Waals surface area contributed by atoms with Crippen LogP contribution in [-0.4, -0.2) is 36.6 Å². The number of carbonyl (C=O) groups is 1. The highest BCUT2D eigenvalue weighted by atomic mass is 16.5. The van der Waals surface area contributed by atoms with Gasteiger partial charge in [0.2, 0.25) is 0 Å². The Morgan fingerprint density at radius 3 is 2.53 bits per heavy atom. The number of phenolic OH excluding ortho intramolecular Hbond substituents is 1. The van der Waals surface area contributed by atoms with E-state index in [-0.39, 0.29) is 11.5 Å². The van der Waals surface area contributed by atoms with Crippen molar-refractivity contribution in [2.24, 2.45) is 0 Å². The van der Waals surface area contributed by atoms with E-state index in [4.69, 9.17) is 9.47 Å². The Balaban J connectivity index is 1.62. The predicted octanol–water partition coefficient (Wildman–Crippen LogP) is 4.82. The molecule has 0 saturated heterocycles. The molecule has 0 amide bonds. The van der Waals surface area contributed by atoms with E-state index in [1.165, 1.54) is 0 Å². The number of hydrogen-bond acceptors (Lipinski definition) is 6. The number of carbonyl (C=O) groups excluding carboxylic acids is 1. The summed E-state index contributed by atoms with van der Waals surface area (Å²) in [6, 6.07) is 16.4. The topological polar surface area (TPSA) is 80.7 Å². The first-order valence-corrected chi connectivity index (χ1v) is 10.4. The van der Waals surface area contributed by atoms with Crippen LogP contribution in [0.15, 0.2) is 60.8 Å². The summed E-state index contributed by atoms with van der Waals surface area (Å²) < 4.78 is 11.0. The largest absolute Gasteiger partial charge is 0.508 e. The van der Waals surface area contributed by atoms with Gasteiger partial charge in [-0.2, -0.15) is 0 Å². The number of nitrogens with one attached hydrogen (secondary N) is 1. The number of rotatable bonds is 6. The molecule has 6 nitrogen and oxygen atoms in total. The highest BCUT2D eigenvalue weighted by molar-refractivity contribution is 6.28. The number of hydrogen-bond donors (Lipinski definition) is 2. The smallest absolute Gasteiger partial charge is 0.196 e. The van der Waals surface area contributed by atoms with E-state index < -0.39 is 0 Å². The van der Waals surface area contributed by atoms with Crippen molar-refractivity contribution in [1.29, 1.82) is 0 Å². The molecule has 32 heavy (non-hydrogen) atoms. The summed E-state index contributed by atoms with van der Waals surface area (Å²) in [6.45, 7) is 0.591. The van der Waals surface area contributed by atoms with E-state index in [9.17, 15) is 9.90 Å². The Labute approximate surface area is 185 Å². The first kappa shape index (κ1) is 19.9. The lowest BCUT2D eigenvalue weighted by Crippen LogP contribution is -2.16. The monoisotopic (exact) mass is 426 g/mol. The highest BCUT2D eigenvalue weighted by Gasteiger charge is 2.31. The normalized spacial score (nSPS) is 11.9. The molecular weight excluding hydrogens is 404 g/mol. The lowest BCUT2D eigenvalue weighted by atomic mass is 9.84. The van der Waals surface area contributed by atoms with Crippen molar-refractivity contribution in [3.8, 4) is 28.5 Å². The van der Waals surface area contributed by atoms with Gasteiger partial charge >= 0.3 is 0 Å². The molecule has 0 bridgehead atoms. The Morgan fingerprint density at radius 2 is 1.78 bits per heavy atom. The van der Waals surface area contributed by atoms with Gasteiger partial charge in [0.25, 0.3) is 0 Å². The van der Waals surface area contributed by atoms with Crippen molar-refractivity contribution in [3.05, 3.63) is 77.5 Å². The molecule has 0 fully saturated rings. The predicted molar refractivity (Wildman–Crippen MR) is 124 cm³/mol. The second-order valence-electron chi connectivity index (χ2n) is 7.67. The first-order valence-electron chi connectivity index (χ1n) is 10.4. The number of phenols is 1. The van der Waals surface area contributed by atoms with Crippen LogP contribution < -0.4 is 14.8 Å². The average Bonchev–Trinajstić information content (AvgIpc) is 2.83. The molecule has 160 valence electrons. The third kappa shape index (κ3) is 3.21. The lowest BCUT2D eigenvalue weighted by molar-refractivity contribution is 0.104. The maximum atomic E-state index is 13.7. The number of aromatic hydroxyl groups is 1. The molecule has 6 heteroatoms. The third-order valence-electron chi connectivity index (χ3n) is 5.84. The molecule has 0 spiro atoms. The summed E-state index contributed by atoms with van der Waals surface area (Å²) in [7, 11) is 3.19. The van der Waals surface area contributed by atoms with Gasteiger partial charge in [-0.3, -0.25) is 9.78 Å². The van der Waals surface area contributed by atoms with Gasteiger partial charge in [0.05, 0.1) is 31.2 Å². The fraction of sp³-hybridized carbons (Fsp3) is 0.154. The van der Waals surface area contributed by atoms with E-state index in [0.29, 0.717) is 34.9 Å². The van der Waals surface area contributed by atoms with E-state index >= 15 is 0 Å². The second-order valence-corrected chi connectivity index (χ2v) is 7.67. The minimum atomic E-state index is -0.0876. The molecule has 4 aromatic rings. The zero-order valence-electron chi connectivity index (χ0n) is 17.8. The number of nitrogens with zero attached hydrogens (tertiary/aromatic N) is 1. The number of methoxy groups -OCH3 is 2. The first-order chi connectivity index (χ1) is 15.6. The standard InChI is InChI=1S/C26H22N2O4/c1-31-18-7-8-19-20(14-18)26(30)23-22-16(10-12-27-24(19)22)13-21(32-2)25(23)28-11-9-15-3-5-17(29)6-4-15/h3-8,10,12-14,28-29H,9,11H2,1-2H3. The minimum absolute atomic E-state index is 0.0876. The third-order valence-corrected chi connectivity index (χ3v) is 5.84. The van der Waals surface area contributed by atoms with E-state index in [1.807, 2.05) is 36.4 Å². The van der Waals surface area contributed by atoms with Gasteiger partial charge in [-0.05, 0) is 59.8 Å². The molecule has 2 N–H and O–H groups in total. The summed E-state index contributed by atoms with van der Waals surface area (Å²) in [6.07, 6.45) is 2.47. The summed E-state index contributed by atoms with van der Waals surface area (Å²) in [5, 5.41) is 14.6. The fourth-order valence-corrected chi connectivity index (χ4v) is 4.26. The molecule has 1 aromatic heterocycles. The quantitative estimate of drug-likeness (QED) is 0.405. The number of anilines is 1. The van der Waals surface area contributed by atoms with Crippen LogP contribution in [0.2, 0.25) is 0 Å². The number of ketones is 1. The van der Waals surface area contributed by atoms with Gasteiger partial charge in [0, 0.05) is 29.3 Å². The Kier molecular flexibility index (Phi) is 4.90. The number of benzene rings is 3. The van der Waals surface area contributed by atoms with Crippen LogP contribution in [0.25, 0.3) is 22.0 Å².